The number of nitrogens with two attached hydrogens (primary N) is 1. The van der Waals surface area contributed by atoms with E-state index in [1.807, 2.05) is 25.1 Å². The van der Waals surface area contributed by atoms with E-state index in [0.717, 1.165) is 21.1 Å². The van der Waals surface area contributed by atoms with Gasteiger partial charge in [-0.2, -0.15) is 0 Å². The Hall–Kier alpha value is -0.750. The molecule has 1 aromatic carbocycles. The topological polar surface area (TPSA) is 70.6 Å². The minimum absolute atomic E-state index is 0.136. The Bertz CT molecular complexity index is 410. The number of anilines is 1. The third-order valence-corrected chi connectivity index (χ3v) is 3.55. The molecule has 0 radical (unpaired) electrons. The molecular formula is C11H15Br2N3O. The molecule has 0 spiro atoms. The predicted octanol–water partition coefficient (Wildman–Crippen LogP) is 3.54. The van der Waals surface area contributed by atoms with E-state index in [1.54, 1.807) is 0 Å². The van der Waals surface area contributed by atoms with Crippen LogP contribution in [0.25, 0.3) is 0 Å². The molecule has 94 valence electrons. The van der Waals surface area contributed by atoms with Crippen LogP contribution in [0.1, 0.15) is 19.8 Å². The van der Waals surface area contributed by atoms with Crippen molar-refractivity contribution < 1.29 is 5.21 Å². The van der Waals surface area contributed by atoms with Gasteiger partial charge in [-0.15, -0.1) is 0 Å². The zero-order valence-corrected chi connectivity index (χ0v) is 12.6. The van der Waals surface area contributed by atoms with Crippen molar-refractivity contribution in [1.29, 1.82) is 0 Å². The smallest absolute Gasteiger partial charge is 0.141 e. The van der Waals surface area contributed by atoms with E-state index in [2.05, 4.69) is 42.3 Å². The summed E-state index contributed by atoms with van der Waals surface area (Å²) < 4.78 is 1.99. The summed E-state index contributed by atoms with van der Waals surface area (Å²) in [5, 5.41) is 14.9. The molecule has 0 saturated heterocycles. The van der Waals surface area contributed by atoms with Crippen molar-refractivity contribution in [3.63, 3.8) is 0 Å². The minimum Gasteiger partial charge on any atom is -0.409 e. The van der Waals surface area contributed by atoms with Crippen LogP contribution in [0.3, 0.4) is 0 Å². The summed E-state index contributed by atoms with van der Waals surface area (Å²) in [6.45, 7) is 2.05. The number of nitrogens with one attached hydrogen (secondary N) is 1. The van der Waals surface area contributed by atoms with Crippen molar-refractivity contribution in [2.24, 2.45) is 10.9 Å². The molecule has 1 atom stereocenters. The largest absolute Gasteiger partial charge is 0.409 e. The Morgan fingerprint density at radius 2 is 2.24 bits per heavy atom. The summed E-state index contributed by atoms with van der Waals surface area (Å²) in [6, 6.07) is 6.04. The fourth-order valence-corrected chi connectivity index (χ4v) is 2.14. The van der Waals surface area contributed by atoms with Crippen LogP contribution < -0.4 is 11.1 Å². The maximum atomic E-state index is 8.56. The zero-order chi connectivity index (χ0) is 12.8. The van der Waals surface area contributed by atoms with E-state index in [4.69, 9.17) is 10.9 Å². The van der Waals surface area contributed by atoms with Gasteiger partial charge < -0.3 is 16.3 Å². The number of hydrogen-bond acceptors (Lipinski definition) is 3. The standard InChI is InChI=1S/C11H15Br2N3O/c1-2-8(6-11(14)16-17)15-10-5-7(12)3-4-9(10)13/h3-5,8,15,17H,2,6H2,1H3,(H2,14,16). The van der Waals surface area contributed by atoms with Gasteiger partial charge in [-0.1, -0.05) is 28.0 Å². The van der Waals surface area contributed by atoms with Crippen LogP contribution in [-0.4, -0.2) is 17.1 Å². The molecule has 1 unspecified atom stereocenters. The summed E-state index contributed by atoms with van der Waals surface area (Å²) in [5.74, 6) is 0.232. The van der Waals surface area contributed by atoms with Gasteiger partial charge in [-0.05, 0) is 40.5 Å². The Morgan fingerprint density at radius 3 is 2.82 bits per heavy atom. The van der Waals surface area contributed by atoms with Crippen LogP contribution in [-0.2, 0) is 0 Å². The van der Waals surface area contributed by atoms with Gasteiger partial charge in [0.15, 0.2) is 0 Å². The lowest BCUT2D eigenvalue weighted by Gasteiger charge is -2.18. The van der Waals surface area contributed by atoms with E-state index < -0.39 is 0 Å². The molecule has 0 saturated carbocycles. The van der Waals surface area contributed by atoms with Crippen LogP contribution in [0.2, 0.25) is 0 Å². The molecular weight excluding hydrogens is 350 g/mol. The highest BCUT2D eigenvalue weighted by Crippen LogP contribution is 2.27. The number of oxime groups is 1. The van der Waals surface area contributed by atoms with Gasteiger partial charge in [0.1, 0.15) is 5.84 Å². The molecule has 0 bridgehead atoms. The van der Waals surface area contributed by atoms with E-state index in [9.17, 15) is 0 Å². The number of halogens is 2. The summed E-state index contributed by atoms with van der Waals surface area (Å²) in [4.78, 5) is 0. The third kappa shape index (κ3) is 4.55. The first-order chi connectivity index (χ1) is 8.06. The van der Waals surface area contributed by atoms with E-state index in [1.165, 1.54) is 0 Å². The molecule has 0 heterocycles. The molecule has 0 aromatic heterocycles. The van der Waals surface area contributed by atoms with E-state index in [0.29, 0.717) is 6.42 Å². The monoisotopic (exact) mass is 363 g/mol. The Labute approximate surface area is 118 Å². The number of nitrogens with zero attached hydrogens (tertiary/aromatic N) is 1. The van der Waals surface area contributed by atoms with Crippen LogP contribution in [0, 0.1) is 0 Å². The maximum Gasteiger partial charge on any atom is 0.141 e. The third-order valence-electron chi connectivity index (χ3n) is 2.36. The molecule has 4 N–H and O–H groups in total. The lowest BCUT2D eigenvalue weighted by molar-refractivity contribution is 0.316. The fourth-order valence-electron chi connectivity index (χ4n) is 1.42. The zero-order valence-electron chi connectivity index (χ0n) is 9.45. The number of hydrogen-bond donors (Lipinski definition) is 3. The summed E-state index contributed by atoms with van der Waals surface area (Å²) in [6.07, 6.45) is 1.39. The van der Waals surface area contributed by atoms with Gasteiger partial charge in [0.05, 0.1) is 0 Å². The highest BCUT2D eigenvalue weighted by Gasteiger charge is 2.10. The van der Waals surface area contributed by atoms with Gasteiger partial charge in [0.25, 0.3) is 0 Å². The first-order valence-electron chi connectivity index (χ1n) is 5.24. The number of rotatable bonds is 5. The predicted molar refractivity (Wildman–Crippen MR) is 77.6 cm³/mol. The van der Waals surface area contributed by atoms with Gasteiger partial charge in [-0.25, -0.2) is 0 Å². The van der Waals surface area contributed by atoms with Crippen molar-refractivity contribution in [2.45, 2.75) is 25.8 Å². The molecule has 1 aromatic rings. The second-order valence-electron chi connectivity index (χ2n) is 3.67. The van der Waals surface area contributed by atoms with Gasteiger partial charge >= 0.3 is 0 Å². The molecule has 1 rings (SSSR count). The highest BCUT2D eigenvalue weighted by atomic mass is 79.9. The quantitative estimate of drug-likeness (QED) is 0.324. The molecule has 17 heavy (non-hydrogen) atoms. The Kier molecular flexibility index (Phi) is 5.77. The SMILES string of the molecule is CCC(CC(N)=NO)Nc1cc(Br)ccc1Br. The van der Waals surface area contributed by atoms with Gasteiger partial charge in [0, 0.05) is 27.1 Å². The van der Waals surface area contributed by atoms with Gasteiger partial charge in [0.2, 0.25) is 0 Å². The van der Waals surface area contributed by atoms with Crippen molar-refractivity contribution >= 4 is 43.4 Å². The summed E-state index contributed by atoms with van der Waals surface area (Å²) in [7, 11) is 0. The van der Waals surface area contributed by atoms with Crippen LogP contribution >= 0.6 is 31.9 Å². The molecule has 0 aliphatic carbocycles. The number of benzene rings is 1. The van der Waals surface area contributed by atoms with Crippen molar-refractivity contribution in [3.05, 3.63) is 27.1 Å². The lowest BCUT2D eigenvalue weighted by Crippen LogP contribution is -2.26. The average molecular weight is 365 g/mol. The first kappa shape index (κ1) is 14.3. The van der Waals surface area contributed by atoms with Crippen molar-refractivity contribution in [3.8, 4) is 0 Å². The van der Waals surface area contributed by atoms with Crippen LogP contribution in [0.4, 0.5) is 5.69 Å². The maximum absolute atomic E-state index is 8.56. The molecule has 0 aliphatic rings. The normalized spacial score (nSPS) is 13.5. The summed E-state index contributed by atoms with van der Waals surface area (Å²) in [5.41, 5.74) is 6.49. The average Bonchev–Trinajstić information content (AvgIpc) is 2.32. The molecule has 0 aliphatic heterocycles. The molecule has 6 heteroatoms. The summed E-state index contributed by atoms with van der Waals surface area (Å²) >= 11 is 6.90. The van der Waals surface area contributed by atoms with E-state index >= 15 is 0 Å². The number of amidine groups is 1. The Morgan fingerprint density at radius 1 is 1.53 bits per heavy atom. The molecule has 4 nitrogen and oxygen atoms in total. The van der Waals surface area contributed by atoms with Gasteiger partial charge in [-0.3, -0.25) is 0 Å². The minimum atomic E-state index is 0.136. The second-order valence-corrected chi connectivity index (χ2v) is 5.44. The highest BCUT2D eigenvalue weighted by molar-refractivity contribution is 9.11. The lowest BCUT2D eigenvalue weighted by atomic mass is 10.1. The second kappa shape index (κ2) is 6.86. The van der Waals surface area contributed by atoms with Crippen molar-refractivity contribution in [2.75, 3.05) is 5.32 Å². The fraction of sp³-hybridized carbons (Fsp3) is 0.364. The first-order valence-corrected chi connectivity index (χ1v) is 6.83. The molecule has 0 fully saturated rings. The van der Waals surface area contributed by atoms with E-state index in [-0.39, 0.29) is 11.9 Å². The van der Waals surface area contributed by atoms with Crippen molar-refractivity contribution in [1.82, 2.24) is 0 Å². The van der Waals surface area contributed by atoms with Crippen LogP contribution in [0.15, 0.2) is 32.3 Å². The van der Waals surface area contributed by atoms with Crippen LogP contribution in [0.5, 0.6) is 0 Å². The molecule has 0 amide bonds. The Balaban J connectivity index is 2.76.